The molecule has 0 saturated carbocycles. The number of carbonyl (C=O) groups excluding carboxylic acids is 4. The van der Waals surface area contributed by atoms with E-state index in [0.717, 1.165) is 21.9 Å². The molecule has 0 heterocycles. The van der Waals surface area contributed by atoms with Gasteiger partial charge >= 0.3 is 5.97 Å². The highest BCUT2D eigenvalue weighted by atomic mass is 32.1. The molecule has 0 fully saturated rings. The van der Waals surface area contributed by atoms with E-state index in [0.29, 0.717) is 24.9 Å². The summed E-state index contributed by atoms with van der Waals surface area (Å²) < 4.78 is 0. The smallest absolute Gasteiger partial charge is 0.326 e. The Bertz CT molecular complexity index is 1830. The van der Waals surface area contributed by atoms with Crippen molar-refractivity contribution >= 4 is 53.0 Å². The molecule has 280 valence electrons. The number of carboxylic acid groups (broad SMARTS) is 1. The van der Waals surface area contributed by atoms with Crippen LogP contribution in [0.15, 0.2) is 103 Å². The van der Waals surface area contributed by atoms with Gasteiger partial charge in [0.15, 0.2) is 0 Å². The van der Waals surface area contributed by atoms with Gasteiger partial charge in [0.05, 0.1) is 6.04 Å². The van der Waals surface area contributed by atoms with Crippen LogP contribution in [-0.2, 0) is 43.2 Å². The fraction of sp³-hybridized carbons (Fsp3) is 0.325. The van der Waals surface area contributed by atoms with Crippen molar-refractivity contribution in [2.75, 3.05) is 12.3 Å². The number of carboxylic acids is 1. The monoisotopic (exact) mass is 740 g/mol. The van der Waals surface area contributed by atoms with Crippen LogP contribution in [0.3, 0.4) is 0 Å². The van der Waals surface area contributed by atoms with E-state index < -0.39 is 59.8 Å². The summed E-state index contributed by atoms with van der Waals surface area (Å²) in [7, 11) is 0. The third-order valence-electron chi connectivity index (χ3n) is 8.81. The maximum Gasteiger partial charge on any atom is 0.326 e. The second kappa shape index (κ2) is 20.7. The lowest BCUT2D eigenvalue weighted by atomic mass is 10.00. The molecule has 4 rings (SSSR count). The number of carbonyl (C=O) groups is 5. The Hall–Kier alpha value is -5.24. The second-order valence-corrected chi connectivity index (χ2v) is 13.3. The topological polar surface area (TPSA) is 206 Å². The van der Waals surface area contributed by atoms with Crippen LogP contribution in [-0.4, -0.2) is 77.2 Å². The molecule has 0 aliphatic heterocycles. The number of nitrogens with one attached hydrogen (secondary N) is 4. The quantitative estimate of drug-likeness (QED) is 0.0498. The van der Waals surface area contributed by atoms with Crippen LogP contribution in [0.1, 0.15) is 36.0 Å². The van der Waals surface area contributed by atoms with Crippen LogP contribution in [0.2, 0.25) is 0 Å². The molecule has 53 heavy (non-hydrogen) atoms. The Morgan fingerprint density at radius 1 is 0.566 bits per heavy atom. The molecule has 4 aromatic carbocycles. The van der Waals surface area contributed by atoms with Gasteiger partial charge in [-0.1, -0.05) is 103 Å². The number of hydrogen-bond donors (Lipinski definition) is 8. The van der Waals surface area contributed by atoms with Crippen LogP contribution < -0.4 is 32.7 Å². The Labute approximate surface area is 314 Å². The molecule has 0 spiro atoms. The molecule has 5 atom stereocenters. The van der Waals surface area contributed by atoms with Crippen molar-refractivity contribution in [2.45, 2.75) is 68.7 Å². The molecule has 4 amide bonds. The van der Waals surface area contributed by atoms with Gasteiger partial charge in [-0.2, -0.15) is 12.6 Å². The highest BCUT2D eigenvalue weighted by Gasteiger charge is 2.32. The largest absolute Gasteiger partial charge is 0.480 e. The van der Waals surface area contributed by atoms with E-state index in [1.165, 1.54) is 0 Å². The normalized spacial score (nSPS) is 13.9. The van der Waals surface area contributed by atoms with Crippen LogP contribution in [0.25, 0.3) is 10.8 Å². The molecule has 0 bridgehead atoms. The van der Waals surface area contributed by atoms with Crippen LogP contribution in [0.4, 0.5) is 0 Å². The summed E-state index contributed by atoms with van der Waals surface area (Å²) in [5.74, 6) is -3.70. The first-order chi connectivity index (χ1) is 25.6. The van der Waals surface area contributed by atoms with Crippen LogP contribution >= 0.6 is 12.6 Å². The fourth-order valence-electron chi connectivity index (χ4n) is 5.86. The average Bonchev–Trinajstić information content (AvgIpc) is 3.16. The first-order valence-corrected chi connectivity index (χ1v) is 18.3. The number of hydrogen-bond acceptors (Lipinski definition) is 8. The van der Waals surface area contributed by atoms with Gasteiger partial charge in [0.2, 0.25) is 23.6 Å². The van der Waals surface area contributed by atoms with E-state index in [1.54, 1.807) is 48.5 Å². The molecule has 9 N–H and O–H groups in total. The second-order valence-electron chi connectivity index (χ2n) is 12.9. The number of benzene rings is 4. The lowest BCUT2D eigenvalue weighted by molar-refractivity contribution is -0.142. The van der Waals surface area contributed by atoms with E-state index in [4.69, 9.17) is 11.5 Å². The zero-order valence-electron chi connectivity index (χ0n) is 29.4. The summed E-state index contributed by atoms with van der Waals surface area (Å²) in [6.07, 6.45) is 1.52. The first-order valence-electron chi connectivity index (χ1n) is 17.6. The number of rotatable bonds is 20. The highest BCUT2D eigenvalue weighted by molar-refractivity contribution is 7.80. The molecule has 0 radical (unpaired) electrons. The highest BCUT2D eigenvalue weighted by Crippen LogP contribution is 2.17. The standard InChI is InChI=1S/C40H48N6O6S/c41-20-10-9-17-32(43-36(47)31(42)25-53)37(48)44-33(22-26-11-3-1-4-12-26)38(49)45-34(23-27-13-5-2-6-14-27)39(50)46-35(40(51)52)24-28-18-19-29-15-7-8-16-30(29)21-28/h1-8,11-16,18-19,21,31-35,53H,9-10,17,20,22-25,41-42H2,(H,43,47)(H,44,48)(H,45,49)(H,46,50)(H,51,52)/t31-,32-,33-,34-,35+/m0/s1. The Morgan fingerprint density at radius 2 is 1.04 bits per heavy atom. The number of nitrogens with two attached hydrogens (primary N) is 2. The fourth-order valence-corrected chi connectivity index (χ4v) is 6.03. The predicted molar refractivity (Wildman–Crippen MR) is 208 cm³/mol. The van der Waals surface area contributed by atoms with Crippen molar-refractivity contribution in [2.24, 2.45) is 11.5 Å². The van der Waals surface area contributed by atoms with E-state index in [-0.39, 0.29) is 31.4 Å². The van der Waals surface area contributed by atoms with Crippen molar-refractivity contribution in [1.82, 2.24) is 21.3 Å². The molecular weight excluding hydrogens is 693 g/mol. The third kappa shape index (κ3) is 12.7. The zero-order chi connectivity index (χ0) is 38.2. The summed E-state index contributed by atoms with van der Waals surface area (Å²) in [5, 5.41) is 23.0. The summed E-state index contributed by atoms with van der Waals surface area (Å²) in [5.41, 5.74) is 13.7. The summed E-state index contributed by atoms with van der Waals surface area (Å²) in [6.45, 7) is 0.396. The lowest BCUT2D eigenvalue weighted by Gasteiger charge is -2.27. The van der Waals surface area contributed by atoms with Gasteiger partial charge in [0.25, 0.3) is 0 Å². The molecule has 0 saturated heterocycles. The summed E-state index contributed by atoms with van der Waals surface area (Å²) in [6, 6.07) is 25.7. The molecule has 0 aromatic heterocycles. The molecule has 0 aliphatic carbocycles. The maximum absolute atomic E-state index is 14.1. The molecule has 12 nitrogen and oxygen atoms in total. The zero-order valence-corrected chi connectivity index (χ0v) is 30.3. The minimum absolute atomic E-state index is 0.0126. The molecule has 0 aliphatic rings. The van der Waals surface area contributed by atoms with Gasteiger partial charge in [0.1, 0.15) is 24.2 Å². The number of unbranched alkanes of at least 4 members (excludes halogenated alkanes) is 1. The van der Waals surface area contributed by atoms with E-state index in [1.807, 2.05) is 54.6 Å². The minimum Gasteiger partial charge on any atom is -0.480 e. The summed E-state index contributed by atoms with van der Waals surface area (Å²) >= 11 is 4.08. The number of thiol groups is 1. The Balaban J connectivity index is 1.58. The molecule has 0 unspecified atom stereocenters. The molecular formula is C40H48N6O6S. The van der Waals surface area contributed by atoms with Crippen molar-refractivity contribution < 1.29 is 29.1 Å². The average molecular weight is 741 g/mol. The van der Waals surface area contributed by atoms with Gasteiger partial charge in [-0.3, -0.25) is 19.2 Å². The van der Waals surface area contributed by atoms with Crippen LogP contribution in [0, 0.1) is 0 Å². The third-order valence-corrected chi connectivity index (χ3v) is 9.21. The van der Waals surface area contributed by atoms with Crippen molar-refractivity contribution in [1.29, 1.82) is 0 Å². The SMILES string of the molecule is NCCCC[C@H](NC(=O)[C@@H](N)CS)C(=O)N[C@@H](Cc1ccccc1)C(=O)N[C@@H](Cc1ccccc1)C(=O)N[C@H](Cc1ccc2ccccc2c1)C(=O)O. The van der Waals surface area contributed by atoms with Gasteiger partial charge < -0.3 is 37.8 Å². The maximum atomic E-state index is 14.1. The van der Waals surface area contributed by atoms with Gasteiger partial charge in [0, 0.05) is 25.0 Å². The Morgan fingerprint density at radius 3 is 1.57 bits per heavy atom. The summed E-state index contributed by atoms with van der Waals surface area (Å²) in [4.78, 5) is 66.9. The molecule has 4 aromatic rings. The van der Waals surface area contributed by atoms with Crippen LogP contribution in [0.5, 0.6) is 0 Å². The number of amides is 4. The first kappa shape index (κ1) is 40.5. The van der Waals surface area contributed by atoms with E-state index in [9.17, 15) is 29.1 Å². The van der Waals surface area contributed by atoms with Crippen molar-refractivity contribution in [3.05, 3.63) is 120 Å². The predicted octanol–water partition coefficient (Wildman–Crippen LogP) is 2.28. The molecule has 13 heteroatoms. The minimum atomic E-state index is -1.29. The van der Waals surface area contributed by atoms with Crippen molar-refractivity contribution in [3.63, 3.8) is 0 Å². The van der Waals surface area contributed by atoms with Gasteiger partial charge in [-0.25, -0.2) is 4.79 Å². The van der Waals surface area contributed by atoms with E-state index >= 15 is 0 Å². The van der Waals surface area contributed by atoms with Gasteiger partial charge in [-0.15, -0.1) is 0 Å². The Kier molecular flexibility index (Phi) is 15.8. The number of aliphatic carboxylic acids is 1. The van der Waals surface area contributed by atoms with Gasteiger partial charge in [-0.05, 0) is 53.3 Å². The van der Waals surface area contributed by atoms with E-state index in [2.05, 4.69) is 33.9 Å². The number of fused-ring (bicyclic) bond motifs is 1. The lowest BCUT2D eigenvalue weighted by Crippen LogP contribution is -2.59. The van der Waals surface area contributed by atoms with Crippen molar-refractivity contribution in [3.8, 4) is 0 Å².